The highest BCUT2D eigenvalue weighted by molar-refractivity contribution is 5.22. The first kappa shape index (κ1) is 12.6. The van der Waals surface area contributed by atoms with Crippen LogP contribution < -0.4 is 5.32 Å². The van der Waals surface area contributed by atoms with Gasteiger partial charge in [-0.2, -0.15) is 5.10 Å². The van der Waals surface area contributed by atoms with Crippen molar-refractivity contribution in [2.45, 2.75) is 46.2 Å². The smallest absolute Gasteiger partial charge is 0.0638 e. The van der Waals surface area contributed by atoms with E-state index in [1.165, 1.54) is 37.2 Å². The summed E-state index contributed by atoms with van der Waals surface area (Å²) in [4.78, 5) is 2.57. The molecule has 1 fully saturated rings. The Bertz CT molecular complexity index is 333. The normalized spacial score (nSPS) is 18.8. The molecule has 0 bridgehead atoms. The molecule has 2 heterocycles. The number of nitrogens with zero attached hydrogens (tertiary/aromatic N) is 2. The second-order valence-electron chi connectivity index (χ2n) is 5.14. The molecule has 0 spiro atoms. The highest BCUT2D eigenvalue weighted by atomic mass is 15.2. The van der Waals surface area contributed by atoms with Crippen LogP contribution in [-0.2, 0) is 6.54 Å². The van der Waals surface area contributed by atoms with Gasteiger partial charge in [-0.3, -0.25) is 10.00 Å². The van der Waals surface area contributed by atoms with Crippen molar-refractivity contribution in [2.75, 3.05) is 19.6 Å². The second-order valence-corrected chi connectivity index (χ2v) is 5.14. The molecule has 2 rings (SSSR count). The van der Waals surface area contributed by atoms with Gasteiger partial charge in [-0.05, 0) is 46.7 Å². The number of likely N-dealkylation sites (tertiary alicyclic amines) is 1. The molecule has 1 unspecified atom stereocenters. The third-order valence-corrected chi connectivity index (χ3v) is 3.79. The van der Waals surface area contributed by atoms with E-state index in [0.29, 0.717) is 6.04 Å². The van der Waals surface area contributed by atoms with Crippen LogP contribution >= 0.6 is 0 Å². The van der Waals surface area contributed by atoms with Crippen LogP contribution in [0.5, 0.6) is 0 Å². The van der Waals surface area contributed by atoms with Crippen LogP contribution in [0.3, 0.4) is 0 Å². The van der Waals surface area contributed by atoms with Crippen molar-refractivity contribution in [2.24, 2.45) is 0 Å². The molecule has 0 radical (unpaired) electrons. The van der Waals surface area contributed by atoms with Crippen LogP contribution in [0.15, 0.2) is 0 Å². The topological polar surface area (TPSA) is 44.0 Å². The van der Waals surface area contributed by atoms with Crippen molar-refractivity contribution < 1.29 is 0 Å². The van der Waals surface area contributed by atoms with Crippen LogP contribution in [-0.4, -0.2) is 40.8 Å². The Balaban J connectivity index is 1.75. The molecule has 1 saturated heterocycles. The Morgan fingerprint density at radius 1 is 1.35 bits per heavy atom. The number of H-pyrrole nitrogens is 1. The lowest BCUT2D eigenvalue weighted by molar-refractivity contribution is 0.251. The molecule has 2 N–H and O–H groups in total. The molecular formula is C13H24N4. The zero-order valence-corrected chi connectivity index (χ0v) is 11.2. The van der Waals surface area contributed by atoms with E-state index in [1.807, 2.05) is 0 Å². The van der Waals surface area contributed by atoms with Crippen molar-refractivity contribution in [1.82, 2.24) is 20.4 Å². The van der Waals surface area contributed by atoms with Crippen molar-refractivity contribution in [3.8, 4) is 0 Å². The maximum atomic E-state index is 4.22. The predicted molar refractivity (Wildman–Crippen MR) is 70.0 cm³/mol. The van der Waals surface area contributed by atoms with Gasteiger partial charge in [0.1, 0.15) is 0 Å². The van der Waals surface area contributed by atoms with Crippen molar-refractivity contribution in [3.63, 3.8) is 0 Å². The third kappa shape index (κ3) is 3.07. The lowest BCUT2D eigenvalue weighted by atomic mass is 10.2. The summed E-state index contributed by atoms with van der Waals surface area (Å²) in [5, 5.41) is 10.8. The fourth-order valence-electron chi connectivity index (χ4n) is 2.55. The number of hydrogen-bond donors (Lipinski definition) is 2. The van der Waals surface area contributed by atoms with Crippen LogP contribution in [0, 0.1) is 13.8 Å². The highest BCUT2D eigenvalue weighted by Gasteiger charge is 2.17. The van der Waals surface area contributed by atoms with Gasteiger partial charge in [0.2, 0.25) is 0 Å². The van der Waals surface area contributed by atoms with E-state index in [9.17, 15) is 0 Å². The quantitative estimate of drug-likeness (QED) is 0.816. The SMILES string of the molecule is Cc1n[nH]c(C)c1CNCC(C)N1CCCC1. The highest BCUT2D eigenvalue weighted by Crippen LogP contribution is 2.12. The Kier molecular flexibility index (Phi) is 4.18. The van der Waals surface area contributed by atoms with Gasteiger partial charge in [-0.1, -0.05) is 0 Å². The molecule has 0 aromatic carbocycles. The summed E-state index contributed by atoms with van der Waals surface area (Å²) < 4.78 is 0. The zero-order valence-electron chi connectivity index (χ0n) is 11.2. The van der Waals surface area contributed by atoms with Gasteiger partial charge < -0.3 is 5.32 Å². The van der Waals surface area contributed by atoms with Crippen LogP contribution in [0.25, 0.3) is 0 Å². The molecular weight excluding hydrogens is 212 g/mol. The van der Waals surface area contributed by atoms with Crippen LogP contribution in [0.1, 0.15) is 36.7 Å². The summed E-state index contributed by atoms with van der Waals surface area (Å²) in [6, 6.07) is 0.644. The molecule has 1 aromatic rings. The summed E-state index contributed by atoms with van der Waals surface area (Å²) in [6.07, 6.45) is 2.73. The summed E-state index contributed by atoms with van der Waals surface area (Å²) in [7, 11) is 0. The van der Waals surface area contributed by atoms with E-state index in [-0.39, 0.29) is 0 Å². The number of rotatable bonds is 5. The van der Waals surface area contributed by atoms with Gasteiger partial charge in [0.15, 0.2) is 0 Å². The fraction of sp³-hybridized carbons (Fsp3) is 0.769. The monoisotopic (exact) mass is 236 g/mol. The molecule has 17 heavy (non-hydrogen) atoms. The Morgan fingerprint density at radius 3 is 2.65 bits per heavy atom. The zero-order chi connectivity index (χ0) is 12.3. The fourth-order valence-corrected chi connectivity index (χ4v) is 2.55. The molecule has 96 valence electrons. The van der Waals surface area contributed by atoms with Crippen LogP contribution in [0.4, 0.5) is 0 Å². The molecule has 1 aliphatic rings. The van der Waals surface area contributed by atoms with E-state index >= 15 is 0 Å². The van der Waals surface area contributed by atoms with Crippen molar-refractivity contribution >= 4 is 0 Å². The molecule has 4 heteroatoms. The first-order valence-corrected chi connectivity index (χ1v) is 6.63. The van der Waals surface area contributed by atoms with E-state index in [0.717, 1.165) is 18.8 Å². The van der Waals surface area contributed by atoms with E-state index in [4.69, 9.17) is 0 Å². The lowest BCUT2D eigenvalue weighted by Gasteiger charge is -2.23. The van der Waals surface area contributed by atoms with Gasteiger partial charge in [0.25, 0.3) is 0 Å². The second kappa shape index (κ2) is 5.65. The van der Waals surface area contributed by atoms with Gasteiger partial charge in [-0.15, -0.1) is 0 Å². The number of hydrogen-bond acceptors (Lipinski definition) is 3. The Morgan fingerprint density at radius 2 is 2.06 bits per heavy atom. The van der Waals surface area contributed by atoms with Gasteiger partial charge in [0.05, 0.1) is 5.69 Å². The third-order valence-electron chi connectivity index (χ3n) is 3.79. The largest absolute Gasteiger partial charge is 0.311 e. The molecule has 1 atom stereocenters. The minimum Gasteiger partial charge on any atom is -0.311 e. The molecule has 4 nitrogen and oxygen atoms in total. The summed E-state index contributed by atoms with van der Waals surface area (Å²) in [5.74, 6) is 0. The Hall–Kier alpha value is -0.870. The molecule has 0 saturated carbocycles. The average Bonchev–Trinajstić information content (AvgIpc) is 2.93. The van der Waals surface area contributed by atoms with Crippen molar-refractivity contribution in [3.05, 3.63) is 17.0 Å². The molecule has 1 aromatic heterocycles. The molecule has 1 aliphatic heterocycles. The molecule has 0 aliphatic carbocycles. The van der Waals surface area contributed by atoms with E-state index < -0.39 is 0 Å². The maximum Gasteiger partial charge on any atom is 0.0638 e. The first-order chi connectivity index (χ1) is 8.18. The van der Waals surface area contributed by atoms with Gasteiger partial charge in [0, 0.05) is 30.4 Å². The summed E-state index contributed by atoms with van der Waals surface area (Å²) in [5.41, 5.74) is 3.62. The maximum absolute atomic E-state index is 4.22. The van der Waals surface area contributed by atoms with Crippen molar-refractivity contribution in [1.29, 1.82) is 0 Å². The predicted octanol–water partition coefficient (Wildman–Crippen LogP) is 1.60. The first-order valence-electron chi connectivity index (χ1n) is 6.63. The number of aryl methyl sites for hydroxylation is 2. The van der Waals surface area contributed by atoms with E-state index in [2.05, 4.69) is 41.2 Å². The average molecular weight is 236 g/mol. The van der Waals surface area contributed by atoms with Gasteiger partial charge >= 0.3 is 0 Å². The molecule has 0 amide bonds. The minimum absolute atomic E-state index is 0.644. The number of aromatic nitrogens is 2. The summed E-state index contributed by atoms with van der Waals surface area (Å²) >= 11 is 0. The number of nitrogens with one attached hydrogen (secondary N) is 2. The minimum atomic E-state index is 0.644. The summed E-state index contributed by atoms with van der Waals surface area (Å²) in [6.45, 7) is 11.0. The number of aromatic amines is 1. The lowest BCUT2D eigenvalue weighted by Crippen LogP contribution is -2.38. The standard InChI is InChI=1S/C13H24N4/c1-10(17-6-4-5-7-17)8-14-9-13-11(2)15-16-12(13)3/h10,14H,4-9H2,1-3H3,(H,15,16). The van der Waals surface area contributed by atoms with E-state index in [1.54, 1.807) is 0 Å². The Labute approximate surface area is 104 Å². The van der Waals surface area contributed by atoms with Crippen LogP contribution in [0.2, 0.25) is 0 Å². The van der Waals surface area contributed by atoms with Gasteiger partial charge in [-0.25, -0.2) is 0 Å².